The van der Waals surface area contributed by atoms with Crippen LogP contribution in [-0.2, 0) is 13.6 Å². The standard InChI is InChI=1S/C20H18ClN3O4/c1-23(20(26)27)11-19-22-10-17(24(19)2)13-4-7-16(8-5-13)28-18-9-15(21)6-3-14(18)12-25/h3-10,12H,11H2,1-2H3,(H,26,27). The molecule has 0 spiro atoms. The van der Waals surface area contributed by atoms with Crippen LogP contribution in [0.3, 0.4) is 0 Å². The fraction of sp³-hybridized carbons (Fsp3) is 0.150. The summed E-state index contributed by atoms with van der Waals surface area (Å²) >= 11 is 5.97. The fourth-order valence-electron chi connectivity index (χ4n) is 2.66. The van der Waals surface area contributed by atoms with E-state index >= 15 is 0 Å². The molecule has 28 heavy (non-hydrogen) atoms. The van der Waals surface area contributed by atoms with Crippen molar-refractivity contribution < 1.29 is 19.4 Å². The minimum Gasteiger partial charge on any atom is -0.465 e. The van der Waals surface area contributed by atoms with E-state index in [1.54, 1.807) is 36.5 Å². The summed E-state index contributed by atoms with van der Waals surface area (Å²) in [5.41, 5.74) is 2.15. The first kappa shape index (κ1) is 19.4. The molecule has 2 aromatic carbocycles. The minimum absolute atomic E-state index is 0.191. The van der Waals surface area contributed by atoms with Crippen molar-refractivity contribution in [2.45, 2.75) is 6.54 Å². The Labute approximate surface area is 166 Å². The van der Waals surface area contributed by atoms with E-state index in [1.165, 1.54) is 11.9 Å². The number of nitrogens with zero attached hydrogens (tertiary/aromatic N) is 3. The number of hydrogen-bond donors (Lipinski definition) is 1. The Morgan fingerprint density at radius 2 is 2.00 bits per heavy atom. The van der Waals surface area contributed by atoms with Crippen LogP contribution >= 0.6 is 11.6 Å². The van der Waals surface area contributed by atoms with Gasteiger partial charge in [0.05, 0.1) is 24.0 Å². The first-order valence-electron chi connectivity index (χ1n) is 8.36. The first-order chi connectivity index (χ1) is 13.4. The molecule has 7 nitrogen and oxygen atoms in total. The molecule has 0 radical (unpaired) electrons. The molecule has 1 heterocycles. The zero-order chi connectivity index (χ0) is 20.3. The number of amides is 1. The third-order valence-corrected chi connectivity index (χ3v) is 4.51. The molecule has 1 N–H and O–H groups in total. The quantitative estimate of drug-likeness (QED) is 0.619. The summed E-state index contributed by atoms with van der Waals surface area (Å²) in [6, 6.07) is 12.1. The lowest BCUT2D eigenvalue weighted by atomic mass is 10.1. The number of ether oxygens (including phenoxy) is 1. The molecule has 0 fully saturated rings. The Morgan fingerprint density at radius 1 is 1.29 bits per heavy atom. The molecule has 0 aliphatic heterocycles. The largest absolute Gasteiger partial charge is 0.465 e. The van der Waals surface area contributed by atoms with Crippen LogP contribution in [-0.4, -0.2) is 39.0 Å². The van der Waals surface area contributed by atoms with Crippen LogP contribution in [0, 0.1) is 0 Å². The average Bonchev–Trinajstić information content (AvgIpc) is 3.03. The smallest absolute Gasteiger partial charge is 0.407 e. The third kappa shape index (κ3) is 4.15. The predicted octanol–water partition coefficient (Wildman–Crippen LogP) is 4.46. The zero-order valence-corrected chi connectivity index (χ0v) is 16.1. The Morgan fingerprint density at radius 3 is 2.64 bits per heavy atom. The molecule has 0 saturated heterocycles. The number of halogens is 1. The van der Waals surface area contributed by atoms with Gasteiger partial charge in [-0.05, 0) is 36.4 Å². The SMILES string of the molecule is CN(Cc1ncc(-c2ccc(Oc3cc(Cl)ccc3C=O)cc2)n1C)C(=O)O. The van der Waals surface area contributed by atoms with E-state index in [2.05, 4.69) is 4.98 Å². The molecule has 0 atom stereocenters. The van der Waals surface area contributed by atoms with Gasteiger partial charge in [-0.15, -0.1) is 0 Å². The van der Waals surface area contributed by atoms with E-state index in [1.807, 2.05) is 23.7 Å². The van der Waals surface area contributed by atoms with E-state index in [0.29, 0.717) is 34.2 Å². The van der Waals surface area contributed by atoms with Crippen molar-refractivity contribution in [3.05, 3.63) is 65.1 Å². The Kier molecular flexibility index (Phi) is 5.65. The molecule has 3 rings (SSSR count). The molecular weight excluding hydrogens is 382 g/mol. The highest BCUT2D eigenvalue weighted by Gasteiger charge is 2.13. The van der Waals surface area contributed by atoms with Crippen LogP contribution in [0.1, 0.15) is 16.2 Å². The summed E-state index contributed by atoms with van der Waals surface area (Å²) in [4.78, 5) is 27.6. The first-order valence-corrected chi connectivity index (χ1v) is 8.74. The van der Waals surface area contributed by atoms with Crippen molar-refractivity contribution in [3.63, 3.8) is 0 Å². The van der Waals surface area contributed by atoms with Crippen molar-refractivity contribution in [1.29, 1.82) is 0 Å². The van der Waals surface area contributed by atoms with Gasteiger partial charge in [0.15, 0.2) is 6.29 Å². The van der Waals surface area contributed by atoms with Crippen LogP contribution in [0.25, 0.3) is 11.3 Å². The van der Waals surface area contributed by atoms with E-state index in [9.17, 15) is 9.59 Å². The summed E-state index contributed by atoms with van der Waals surface area (Å²) in [5.74, 6) is 1.58. The second kappa shape index (κ2) is 8.14. The maximum Gasteiger partial charge on any atom is 0.407 e. The van der Waals surface area contributed by atoms with Gasteiger partial charge in [-0.1, -0.05) is 11.6 Å². The van der Waals surface area contributed by atoms with Crippen LogP contribution in [0.2, 0.25) is 5.02 Å². The molecule has 1 amide bonds. The molecule has 1 aromatic heterocycles. The Bertz CT molecular complexity index is 1010. The van der Waals surface area contributed by atoms with Crippen LogP contribution in [0.4, 0.5) is 4.79 Å². The van der Waals surface area contributed by atoms with Crippen LogP contribution in [0.15, 0.2) is 48.7 Å². The van der Waals surface area contributed by atoms with Crippen molar-refractivity contribution in [1.82, 2.24) is 14.5 Å². The van der Waals surface area contributed by atoms with Gasteiger partial charge in [-0.3, -0.25) is 4.79 Å². The molecule has 0 bridgehead atoms. The maximum absolute atomic E-state index is 11.2. The highest BCUT2D eigenvalue weighted by Crippen LogP contribution is 2.29. The lowest BCUT2D eigenvalue weighted by Crippen LogP contribution is -2.25. The van der Waals surface area contributed by atoms with E-state index in [0.717, 1.165) is 11.3 Å². The molecule has 0 aliphatic rings. The van der Waals surface area contributed by atoms with Gasteiger partial charge in [-0.2, -0.15) is 0 Å². The fourth-order valence-corrected chi connectivity index (χ4v) is 2.82. The predicted molar refractivity (Wildman–Crippen MR) is 105 cm³/mol. The molecule has 8 heteroatoms. The summed E-state index contributed by atoms with van der Waals surface area (Å²) in [7, 11) is 3.33. The molecular formula is C20H18ClN3O4. The van der Waals surface area contributed by atoms with Gasteiger partial charge in [0.2, 0.25) is 0 Å². The van der Waals surface area contributed by atoms with Crippen molar-refractivity contribution in [2.24, 2.45) is 7.05 Å². The summed E-state index contributed by atoms with van der Waals surface area (Å²) in [6.45, 7) is 0.191. The summed E-state index contributed by atoms with van der Waals surface area (Å²) < 4.78 is 7.62. The molecule has 144 valence electrons. The number of rotatable bonds is 6. The monoisotopic (exact) mass is 399 g/mol. The van der Waals surface area contributed by atoms with Gasteiger partial charge in [0, 0.05) is 30.7 Å². The number of carbonyl (C=O) groups is 2. The van der Waals surface area contributed by atoms with E-state index < -0.39 is 6.09 Å². The van der Waals surface area contributed by atoms with Crippen LogP contribution < -0.4 is 4.74 Å². The lowest BCUT2D eigenvalue weighted by molar-refractivity contribution is 0.112. The van der Waals surface area contributed by atoms with Gasteiger partial charge in [-0.25, -0.2) is 9.78 Å². The number of carboxylic acid groups (broad SMARTS) is 1. The molecule has 0 unspecified atom stereocenters. The van der Waals surface area contributed by atoms with Crippen molar-refractivity contribution >= 4 is 24.0 Å². The minimum atomic E-state index is -1.01. The molecule has 0 aliphatic carbocycles. The molecule has 0 saturated carbocycles. The Balaban J connectivity index is 1.80. The van der Waals surface area contributed by atoms with E-state index in [-0.39, 0.29) is 6.54 Å². The number of imidazole rings is 1. The number of aldehydes is 1. The van der Waals surface area contributed by atoms with Crippen molar-refractivity contribution in [2.75, 3.05) is 7.05 Å². The van der Waals surface area contributed by atoms with Crippen molar-refractivity contribution in [3.8, 4) is 22.8 Å². The second-order valence-electron chi connectivity index (χ2n) is 6.18. The van der Waals surface area contributed by atoms with Gasteiger partial charge in [0.25, 0.3) is 0 Å². The summed E-state index contributed by atoms with van der Waals surface area (Å²) in [6.07, 6.45) is 1.40. The second-order valence-corrected chi connectivity index (χ2v) is 6.62. The number of aromatic nitrogens is 2. The third-order valence-electron chi connectivity index (χ3n) is 4.27. The van der Waals surface area contributed by atoms with Crippen LogP contribution in [0.5, 0.6) is 11.5 Å². The number of carbonyl (C=O) groups excluding carboxylic acids is 1. The van der Waals surface area contributed by atoms with Gasteiger partial charge < -0.3 is 19.3 Å². The number of benzene rings is 2. The average molecular weight is 400 g/mol. The highest BCUT2D eigenvalue weighted by atomic mass is 35.5. The normalized spacial score (nSPS) is 10.5. The van der Waals surface area contributed by atoms with Gasteiger partial charge in [0.1, 0.15) is 17.3 Å². The van der Waals surface area contributed by atoms with E-state index in [4.69, 9.17) is 21.4 Å². The number of hydrogen-bond acceptors (Lipinski definition) is 4. The topological polar surface area (TPSA) is 84.7 Å². The maximum atomic E-state index is 11.2. The van der Waals surface area contributed by atoms with Gasteiger partial charge >= 0.3 is 6.09 Å². The summed E-state index contributed by atoms with van der Waals surface area (Å²) in [5, 5.41) is 9.49. The zero-order valence-electron chi connectivity index (χ0n) is 15.3. The lowest BCUT2D eigenvalue weighted by Gasteiger charge is -2.13. The highest BCUT2D eigenvalue weighted by molar-refractivity contribution is 6.30. The Hall–Kier alpha value is -3.32. The molecule has 3 aromatic rings.